The van der Waals surface area contributed by atoms with Gasteiger partial charge in [-0.15, -0.1) is 0 Å². The van der Waals surface area contributed by atoms with Crippen LogP contribution in [0, 0.1) is 0 Å². The Bertz CT molecular complexity index is 1260. The Morgan fingerprint density at radius 2 is 1.84 bits per heavy atom. The molecule has 9 nitrogen and oxygen atoms in total. The number of ether oxygens (including phenoxy) is 5. The summed E-state index contributed by atoms with van der Waals surface area (Å²) in [6, 6.07) is 10.8. The Hall–Kier alpha value is -3.53. The summed E-state index contributed by atoms with van der Waals surface area (Å²) in [4.78, 5) is 29.8. The minimum atomic E-state index is -0.883. The molecule has 2 aromatic carbocycles. The number of para-hydroxylation sites is 2. The van der Waals surface area contributed by atoms with Crippen LogP contribution in [0.4, 0.5) is 0 Å². The molecule has 2 aliphatic heterocycles. The van der Waals surface area contributed by atoms with Crippen LogP contribution < -0.4 is 23.7 Å². The average molecular weight is 456 g/mol. The van der Waals surface area contributed by atoms with Crippen LogP contribution in [0.2, 0.25) is 0 Å². The summed E-state index contributed by atoms with van der Waals surface area (Å²) in [7, 11) is 0. The number of hydrogen-bond acceptors (Lipinski definition) is 8. The van der Waals surface area contributed by atoms with Gasteiger partial charge >= 0.3 is 5.97 Å². The van der Waals surface area contributed by atoms with Gasteiger partial charge in [-0.05, 0) is 19.1 Å². The molecule has 2 aliphatic rings. The number of esters is 1. The van der Waals surface area contributed by atoms with E-state index in [0.29, 0.717) is 46.5 Å². The van der Waals surface area contributed by atoms with Crippen molar-refractivity contribution in [3.63, 3.8) is 0 Å². The van der Waals surface area contributed by atoms with Gasteiger partial charge in [-0.1, -0.05) is 23.5 Å². The molecule has 0 fully saturated rings. The van der Waals surface area contributed by atoms with Gasteiger partial charge in [-0.25, -0.2) is 0 Å². The second-order valence-corrected chi connectivity index (χ2v) is 8.06. The summed E-state index contributed by atoms with van der Waals surface area (Å²) in [5, 5.41) is 0. The fourth-order valence-corrected chi connectivity index (χ4v) is 4.53. The summed E-state index contributed by atoms with van der Waals surface area (Å²) >= 11 is 1.27. The van der Waals surface area contributed by atoms with Gasteiger partial charge in [0.1, 0.15) is 26.4 Å². The molecule has 0 N–H and O–H groups in total. The fourth-order valence-electron chi connectivity index (χ4n) is 3.49. The monoisotopic (exact) mass is 456 g/mol. The molecule has 166 valence electrons. The van der Waals surface area contributed by atoms with Crippen LogP contribution in [0.25, 0.3) is 10.2 Å². The number of benzene rings is 2. The molecule has 3 aromatic rings. The molecule has 0 aliphatic carbocycles. The molecule has 0 saturated carbocycles. The largest absolute Gasteiger partial charge is 0.486 e. The first-order chi connectivity index (χ1) is 15.6. The third-order valence-electron chi connectivity index (χ3n) is 4.93. The SMILES string of the molecule is CCOC(=O)Cn1c(=NC(=O)C2COc3ccccc3O2)sc2cc3c(cc21)OCCO3. The lowest BCUT2D eigenvalue weighted by molar-refractivity contribution is -0.143. The van der Waals surface area contributed by atoms with Gasteiger partial charge in [0.15, 0.2) is 27.8 Å². The number of fused-ring (bicyclic) bond motifs is 3. The van der Waals surface area contributed by atoms with Crippen molar-refractivity contribution in [1.29, 1.82) is 0 Å². The maximum absolute atomic E-state index is 12.9. The molecule has 1 amide bonds. The van der Waals surface area contributed by atoms with Gasteiger partial charge in [-0.2, -0.15) is 4.99 Å². The van der Waals surface area contributed by atoms with Crippen LogP contribution in [0.3, 0.4) is 0 Å². The lowest BCUT2D eigenvalue weighted by Crippen LogP contribution is -2.37. The van der Waals surface area contributed by atoms with Gasteiger partial charge in [-0.3, -0.25) is 9.59 Å². The first-order valence-electron chi connectivity index (χ1n) is 10.2. The Labute approximate surface area is 186 Å². The van der Waals surface area contributed by atoms with E-state index in [1.807, 2.05) is 12.1 Å². The minimum absolute atomic E-state index is 0.0537. The maximum Gasteiger partial charge on any atom is 0.326 e. The lowest BCUT2D eigenvalue weighted by Gasteiger charge is -2.23. The number of rotatable bonds is 4. The Kier molecular flexibility index (Phi) is 5.44. The number of hydrogen-bond donors (Lipinski definition) is 0. The van der Waals surface area contributed by atoms with Crippen LogP contribution in [-0.4, -0.2) is 49.0 Å². The predicted octanol–water partition coefficient (Wildman–Crippen LogP) is 2.30. The van der Waals surface area contributed by atoms with Gasteiger partial charge in [0.2, 0.25) is 6.10 Å². The molecule has 0 radical (unpaired) electrons. The van der Waals surface area contributed by atoms with Crippen molar-refractivity contribution >= 4 is 33.4 Å². The van der Waals surface area contributed by atoms with Crippen molar-refractivity contribution in [3.05, 3.63) is 41.2 Å². The zero-order valence-electron chi connectivity index (χ0n) is 17.2. The maximum atomic E-state index is 12.9. The highest BCUT2D eigenvalue weighted by Gasteiger charge is 2.27. The van der Waals surface area contributed by atoms with E-state index in [9.17, 15) is 9.59 Å². The normalized spacial score (nSPS) is 17.3. The third kappa shape index (κ3) is 3.89. The molecule has 1 atom stereocenters. The van der Waals surface area contributed by atoms with E-state index in [2.05, 4.69) is 4.99 Å². The van der Waals surface area contributed by atoms with Crippen molar-refractivity contribution in [2.45, 2.75) is 19.6 Å². The Balaban J connectivity index is 1.53. The van der Waals surface area contributed by atoms with Crippen molar-refractivity contribution in [1.82, 2.24) is 4.57 Å². The Morgan fingerprint density at radius 3 is 2.62 bits per heavy atom. The predicted molar refractivity (Wildman–Crippen MR) is 114 cm³/mol. The molecule has 10 heteroatoms. The standard InChI is InChI=1S/C22H20N2O7S/c1-2-27-20(25)11-24-13-9-16-17(29-8-7-28-16)10-19(13)32-22(24)23-21(26)18-12-30-14-5-3-4-6-15(14)31-18/h3-6,9-10,18H,2,7-8,11-12H2,1H3. The highest BCUT2D eigenvalue weighted by Crippen LogP contribution is 2.36. The van der Waals surface area contributed by atoms with E-state index in [1.165, 1.54) is 11.3 Å². The number of amides is 1. The Morgan fingerprint density at radius 1 is 1.09 bits per heavy atom. The van der Waals surface area contributed by atoms with Crippen LogP contribution in [0.1, 0.15) is 6.92 Å². The zero-order valence-corrected chi connectivity index (χ0v) is 18.1. The van der Waals surface area contributed by atoms with E-state index in [4.69, 9.17) is 23.7 Å². The number of thiazole rings is 1. The number of aromatic nitrogens is 1. The lowest BCUT2D eigenvalue weighted by atomic mass is 10.2. The van der Waals surface area contributed by atoms with Gasteiger partial charge < -0.3 is 28.3 Å². The molecule has 0 spiro atoms. The van der Waals surface area contributed by atoms with Gasteiger partial charge in [0.25, 0.3) is 5.91 Å². The highest BCUT2D eigenvalue weighted by atomic mass is 32.1. The molecule has 3 heterocycles. The first-order valence-corrected chi connectivity index (χ1v) is 11.0. The second-order valence-electron chi connectivity index (χ2n) is 7.05. The third-order valence-corrected chi connectivity index (χ3v) is 5.97. The van der Waals surface area contributed by atoms with Gasteiger partial charge in [0, 0.05) is 12.1 Å². The summed E-state index contributed by atoms with van der Waals surface area (Å²) in [5.74, 6) is 1.35. The zero-order chi connectivity index (χ0) is 22.1. The van der Waals surface area contributed by atoms with E-state index in [1.54, 1.807) is 35.8 Å². The van der Waals surface area contributed by atoms with E-state index in [-0.39, 0.29) is 19.8 Å². The van der Waals surface area contributed by atoms with Crippen molar-refractivity contribution < 1.29 is 33.3 Å². The van der Waals surface area contributed by atoms with E-state index >= 15 is 0 Å². The molecule has 5 rings (SSSR count). The molecule has 1 unspecified atom stereocenters. The van der Waals surface area contributed by atoms with E-state index < -0.39 is 18.0 Å². The van der Waals surface area contributed by atoms with Crippen LogP contribution in [-0.2, 0) is 20.9 Å². The number of carbonyl (C=O) groups is 2. The summed E-state index contributed by atoms with van der Waals surface area (Å²) in [6.07, 6.45) is -0.883. The van der Waals surface area contributed by atoms with Crippen LogP contribution in [0.15, 0.2) is 41.4 Å². The summed E-state index contributed by atoms with van der Waals surface area (Å²) < 4.78 is 30.3. The smallest absolute Gasteiger partial charge is 0.326 e. The second kappa shape index (κ2) is 8.54. The van der Waals surface area contributed by atoms with Crippen molar-refractivity contribution in [2.75, 3.05) is 26.4 Å². The number of nitrogens with zero attached hydrogens (tertiary/aromatic N) is 2. The van der Waals surface area contributed by atoms with Crippen molar-refractivity contribution in [3.8, 4) is 23.0 Å². The summed E-state index contributed by atoms with van der Waals surface area (Å²) in [5.41, 5.74) is 0.699. The molecular formula is C22H20N2O7S. The quantitative estimate of drug-likeness (QED) is 0.556. The topological polar surface area (TPSA) is 97.6 Å². The average Bonchev–Trinajstić information content (AvgIpc) is 3.12. The highest BCUT2D eigenvalue weighted by molar-refractivity contribution is 7.16. The van der Waals surface area contributed by atoms with Crippen LogP contribution in [0.5, 0.6) is 23.0 Å². The molecule has 1 aromatic heterocycles. The number of carbonyl (C=O) groups excluding carboxylic acids is 2. The fraction of sp³-hybridized carbons (Fsp3) is 0.318. The summed E-state index contributed by atoms with van der Waals surface area (Å²) in [6.45, 7) is 2.86. The first kappa shape index (κ1) is 20.4. The minimum Gasteiger partial charge on any atom is -0.486 e. The van der Waals surface area contributed by atoms with Crippen LogP contribution >= 0.6 is 11.3 Å². The van der Waals surface area contributed by atoms with Gasteiger partial charge in [0.05, 0.1) is 16.8 Å². The van der Waals surface area contributed by atoms with E-state index in [0.717, 1.165) is 4.70 Å². The molecule has 32 heavy (non-hydrogen) atoms. The molecular weight excluding hydrogens is 436 g/mol. The molecule has 0 saturated heterocycles. The molecule has 0 bridgehead atoms. The van der Waals surface area contributed by atoms with Crippen molar-refractivity contribution in [2.24, 2.45) is 4.99 Å².